The fourth-order valence-electron chi connectivity index (χ4n) is 3.87. The summed E-state index contributed by atoms with van der Waals surface area (Å²) in [5.41, 5.74) is 5.95. The fourth-order valence-corrected chi connectivity index (χ4v) is 3.87. The van der Waals surface area contributed by atoms with E-state index in [0.29, 0.717) is 5.56 Å². The van der Waals surface area contributed by atoms with E-state index in [1.165, 1.54) is 11.1 Å². The number of benzene rings is 1. The molecule has 0 unspecified atom stereocenters. The zero-order chi connectivity index (χ0) is 18.4. The second-order valence-electron chi connectivity index (χ2n) is 7.39. The highest BCUT2D eigenvalue weighted by Gasteiger charge is 2.32. The van der Waals surface area contributed by atoms with Gasteiger partial charge in [-0.3, -0.25) is 9.48 Å². The number of H-pyrrole nitrogens is 1. The number of carbonyl (C=O) groups excluding carboxylic acids is 1. The lowest BCUT2D eigenvalue weighted by molar-refractivity contribution is 0.0600. The van der Waals surface area contributed by atoms with Crippen molar-refractivity contribution in [3.05, 3.63) is 46.5 Å². The number of likely N-dealkylation sites (tertiary alicyclic amines) is 1. The van der Waals surface area contributed by atoms with Crippen LogP contribution in [0.2, 0.25) is 0 Å². The number of aromatic amines is 1. The van der Waals surface area contributed by atoms with Crippen molar-refractivity contribution in [3.8, 4) is 0 Å². The van der Waals surface area contributed by atoms with E-state index in [2.05, 4.69) is 36.1 Å². The summed E-state index contributed by atoms with van der Waals surface area (Å²) in [5.74, 6) is 0.938. The number of hydrogen-bond acceptors (Lipinski definition) is 3. The highest BCUT2D eigenvalue weighted by atomic mass is 16.2. The van der Waals surface area contributed by atoms with E-state index < -0.39 is 0 Å². The number of fused-ring (bicyclic) bond motifs is 1. The van der Waals surface area contributed by atoms with E-state index in [4.69, 9.17) is 4.98 Å². The van der Waals surface area contributed by atoms with Gasteiger partial charge >= 0.3 is 0 Å². The first kappa shape index (κ1) is 16.8. The van der Waals surface area contributed by atoms with Crippen LogP contribution in [0.15, 0.2) is 18.3 Å². The van der Waals surface area contributed by atoms with Crippen molar-refractivity contribution in [2.75, 3.05) is 6.54 Å². The smallest absolute Gasteiger partial charge is 0.257 e. The molecule has 26 heavy (non-hydrogen) atoms. The molecule has 0 radical (unpaired) electrons. The minimum absolute atomic E-state index is 0.0103. The van der Waals surface area contributed by atoms with E-state index in [-0.39, 0.29) is 11.9 Å². The predicted octanol–water partition coefficient (Wildman–Crippen LogP) is 3.59. The predicted molar refractivity (Wildman–Crippen MR) is 101 cm³/mol. The lowest BCUT2D eigenvalue weighted by Gasteiger charge is -2.34. The third-order valence-corrected chi connectivity index (χ3v) is 5.44. The number of aryl methyl sites for hydroxylation is 4. The maximum absolute atomic E-state index is 13.2. The minimum atomic E-state index is -0.0103. The monoisotopic (exact) mass is 351 g/mol. The number of aromatic nitrogens is 4. The molecular weight excluding hydrogens is 326 g/mol. The summed E-state index contributed by atoms with van der Waals surface area (Å²) in [7, 11) is 1.85. The van der Waals surface area contributed by atoms with Gasteiger partial charge in [0.05, 0.1) is 28.3 Å². The summed E-state index contributed by atoms with van der Waals surface area (Å²) in [6, 6.07) is 4.25. The summed E-state index contributed by atoms with van der Waals surface area (Å²) in [5, 5.41) is 4.32. The lowest BCUT2D eigenvalue weighted by atomic mass is 10.0. The normalized spacial score (nSPS) is 17.8. The Kier molecular flexibility index (Phi) is 4.05. The molecular formula is C20H25N5O. The molecule has 4 rings (SSSR count). The van der Waals surface area contributed by atoms with Crippen LogP contribution < -0.4 is 0 Å². The van der Waals surface area contributed by atoms with Gasteiger partial charge in [-0.2, -0.15) is 5.10 Å². The van der Waals surface area contributed by atoms with E-state index in [1.54, 1.807) is 4.68 Å². The number of rotatable bonds is 2. The van der Waals surface area contributed by atoms with Crippen LogP contribution >= 0.6 is 0 Å². The Morgan fingerprint density at radius 3 is 2.69 bits per heavy atom. The highest BCUT2D eigenvalue weighted by molar-refractivity contribution is 5.95. The molecule has 1 aliphatic rings. The van der Waals surface area contributed by atoms with Crippen molar-refractivity contribution in [1.29, 1.82) is 0 Å². The number of nitrogens with one attached hydrogen (secondary N) is 1. The van der Waals surface area contributed by atoms with Crippen LogP contribution in [0.3, 0.4) is 0 Å². The maximum atomic E-state index is 13.2. The molecule has 1 aromatic carbocycles. The standard InChI is InChI=1S/C20H25N5O/c1-12-9-16-17(10-13(12)2)22-19(21-16)18-7-5-6-8-25(18)20(26)15-11-24(4)23-14(15)3/h9-11,18H,5-8H2,1-4H3,(H,21,22)/t18-/m0/s1. The van der Waals surface area contributed by atoms with Crippen LogP contribution in [0.5, 0.6) is 0 Å². The Bertz CT molecular complexity index is 945. The second kappa shape index (κ2) is 6.27. The maximum Gasteiger partial charge on any atom is 0.257 e. The molecule has 6 nitrogen and oxygen atoms in total. The molecule has 0 aliphatic carbocycles. The zero-order valence-corrected chi connectivity index (χ0v) is 15.8. The van der Waals surface area contributed by atoms with Gasteiger partial charge in [-0.25, -0.2) is 4.98 Å². The first-order valence-corrected chi connectivity index (χ1v) is 9.22. The van der Waals surface area contributed by atoms with Crippen molar-refractivity contribution < 1.29 is 4.79 Å². The van der Waals surface area contributed by atoms with Gasteiger partial charge in [0.15, 0.2) is 0 Å². The van der Waals surface area contributed by atoms with E-state index in [0.717, 1.165) is 48.4 Å². The first-order valence-electron chi connectivity index (χ1n) is 9.22. The molecule has 1 amide bonds. The quantitative estimate of drug-likeness (QED) is 0.767. The molecule has 1 fully saturated rings. The topological polar surface area (TPSA) is 66.8 Å². The molecule has 0 bridgehead atoms. The second-order valence-corrected chi connectivity index (χ2v) is 7.39. The van der Waals surface area contributed by atoms with Gasteiger partial charge in [-0.15, -0.1) is 0 Å². The van der Waals surface area contributed by atoms with Gasteiger partial charge in [0.2, 0.25) is 0 Å². The molecule has 6 heteroatoms. The van der Waals surface area contributed by atoms with E-state index in [9.17, 15) is 4.79 Å². The third kappa shape index (κ3) is 2.79. The molecule has 1 N–H and O–H groups in total. The summed E-state index contributed by atoms with van der Waals surface area (Å²) in [4.78, 5) is 23.4. The van der Waals surface area contributed by atoms with Crippen molar-refractivity contribution in [1.82, 2.24) is 24.6 Å². The average Bonchev–Trinajstić information content (AvgIpc) is 3.17. The molecule has 3 aromatic rings. The van der Waals surface area contributed by atoms with Crippen LogP contribution in [0, 0.1) is 20.8 Å². The van der Waals surface area contributed by atoms with Crippen molar-refractivity contribution >= 4 is 16.9 Å². The number of piperidine rings is 1. The molecule has 1 saturated heterocycles. The van der Waals surface area contributed by atoms with Gasteiger partial charge in [0.25, 0.3) is 5.91 Å². The molecule has 3 heterocycles. The van der Waals surface area contributed by atoms with Crippen LogP contribution in [-0.2, 0) is 7.05 Å². The molecule has 1 aliphatic heterocycles. The van der Waals surface area contributed by atoms with Gasteiger partial charge in [0, 0.05) is 19.8 Å². The zero-order valence-electron chi connectivity index (χ0n) is 15.8. The van der Waals surface area contributed by atoms with Crippen LogP contribution in [0.25, 0.3) is 11.0 Å². The number of imidazole rings is 1. The van der Waals surface area contributed by atoms with E-state index in [1.807, 2.05) is 25.1 Å². The lowest BCUT2D eigenvalue weighted by Crippen LogP contribution is -2.39. The number of amides is 1. The van der Waals surface area contributed by atoms with E-state index >= 15 is 0 Å². The summed E-state index contributed by atoms with van der Waals surface area (Å²) < 4.78 is 1.70. The average molecular weight is 351 g/mol. The Morgan fingerprint density at radius 1 is 1.19 bits per heavy atom. The Balaban J connectivity index is 1.71. The molecule has 0 spiro atoms. The minimum Gasteiger partial charge on any atom is -0.340 e. The van der Waals surface area contributed by atoms with Crippen molar-refractivity contribution in [2.45, 2.75) is 46.1 Å². The molecule has 0 saturated carbocycles. The van der Waals surface area contributed by atoms with Gasteiger partial charge in [0.1, 0.15) is 5.82 Å². The molecule has 2 aromatic heterocycles. The molecule has 136 valence electrons. The Hall–Kier alpha value is -2.63. The Labute approximate surface area is 153 Å². The van der Waals surface area contributed by atoms with Crippen LogP contribution in [0.4, 0.5) is 0 Å². The first-order chi connectivity index (χ1) is 12.4. The van der Waals surface area contributed by atoms with Gasteiger partial charge < -0.3 is 9.88 Å². The third-order valence-electron chi connectivity index (χ3n) is 5.44. The van der Waals surface area contributed by atoms with Crippen molar-refractivity contribution in [2.24, 2.45) is 7.05 Å². The van der Waals surface area contributed by atoms with Crippen LogP contribution in [-0.4, -0.2) is 37.1 Å². The summed E-state index contributed by atoms with van der Waals surface area (Å²) in [6.07, 6.45) is 4.88. The SMILES string of the molecule is Cc1cc2nc([C@@H]3CCCCN3C(=O)c3cn(C)nc3C)[nH]c2cc1C. The van der Waals surface area contributed by atoms with Crippen molar-refractivity contribution in [3.63, 3.8) is 0 Å². The highest BCUT2D eigenvalue weighted by Crippen LogP contribution is 2.32. The number of hydrogen-bond donors (Lipinski definition) is 1. The molecule has 1 atom stereocenters. The summed E-state index contributed by atoms with van der Waals surface area (Å²) in [6.45, 7) is 6.85. The summed E-state index contributed by atoms with van der Waals surface area (Å²) >= 11 is 0. The number of nitrogens with zero attached hydrogens (tertiary/aromatic N) is 4. The van der Waals surface area contributed by atoms with Gasteiger partial charge in [-0.05, 0) is 63.3 Å². The number of carbonyl (C=O) groups is 1. The van der Waals surface area contributed by atoms with Gasteiger partial charge in [-0.1, -0.05) is 0 Å². The Morgan fingerprint density at radius 2 is 1.96 bits per heavy atom. The van der Waals surface area contributed by atoms with Crippen LogP contribution in [0.1, 0.15) is 58.3 Å². The largest absolute Gasteiger partial charge is 0.340 e. The fraction of sp³-hybridized carbons (Fsp3) is 0.450.